The maximum absolute atomic E-state index is 12.1. The molecule has 2 heterocycles. The standard InChI is InChI=1S/C18H18N4O3S2/c1-10-7-14-17(25)21-15(22-18(14)27-10)8-26-9-16(24)20-13-5-3-12(4-6-13)19-11(2)23/h3-7H,8-9H2,1-2H3,(H,19,23)(H,20,24)(H,21,22,25). The Morgan fingerprint density at radius 1 is 1.19 bits per heavy atom. The molecule has 0 bridgehead atoms. The summed E-state index contributed by atoms with van der Waals surface area (Å²) in [5, 5.41) is 6.06. The highest BCUT2D eigenvalue weighted by Crippen LogP contribution is 2.21. The number of amides is 2. The Morgan fingerprint density at radius 2 is 1.85 bits per heavy atom. The molecule has 7 nitrogen and oxygen atoms in total. The maximum atomic E-state index is 12.1. The predicted octanol–water partition coefficient (Wildman–Crippen LogP) is 3.12. The van der Waals surface area contributed by atoms with Gasteiger partial charge in [-0.25, -0.2) is 4.98 Å². The zero-order chi connectivity index (χ0) is 19.4. The first-order valence-corrected chi connectivity index (χ1v) is 10.1. The van der Waals surface area contributed by atoms with Crippen LogP contribution in [0.1, 0.15) is 17.6 Å². The minimum atomic E-state index is -0.150. The Balaban J connectivity index is 1.52. The summed E-state index contributed by atoms with van der Waals surface area (Å²) in [4.78, 5) is 44.1. The van der Waals surface area contributed by atoms with E-state index in [0.717, 1.165) is 9.71 Å². The van der Waals surface area contributed by atoms with E-state index in [2.05, 4.69) is 20.6 Å². The number of aromatic amines is 1. The molecule has 0 atom stereocenters. The molecule has 3 rings (SSSR count). The van der Waals surface area contributed by atoms with Gasteiger partial charge < -0.3 is 15.6 Å². The number of carbonyl (C=O) groups excluding carboxylic acids is 2. The second-order valence-electron chi connectivity index (χ2n) is 5.89. The number of hydrogen-bond acceptors (Lipinski definition) is 6. The molecule has 0 radical (unpaired) electrons. The van der Waals surface area contributed by atoms with Gasteiger partial charge in [0.05, 0.1) is 16.9 Å². The second-order valence-corrected chi connectivity index (χ2v) is 8.11. The Bertz CT molecular complexity index is 1040. The molecule has 0 unspecified atom stereocenters. The quantitative estimate of drug-likeness (QED) is 0.588. The van der Waals surface area contributed by atoms with Gasteiger partial charge in [0.25, 0.3) is 5.56 Å². The first kappa shape index (κ1) is 19.1. The lowest BCUT2D eigenvalue weighted by atomic mass is 10.3. The van der Waals surface area contributed by atoms with Crippen molar-refractivity contribution < 1.29 is 9.59 Å². The van der Waals surface area contributed by atoms with Crippen molar-refractivity contribution in [3.05, 3.63) is 51.4 Å². The van der Waals surface area contributed by atoms with Crippen LogP contribution in [0.3, 0.4) is 0 Å². The van der Waals surface area contributed by atoms with E-state index in [-0.39, 0.29) is 23.1 Å². The van der Waals surface area contributed by atoms with Crippen molar-refractivity contribution in [1.29, 1.82) is 0 Å². The van der Waals surface area contributed by atoms with Gasteiger partial charge in [-0.1, -0.05) is 0 Å². The Hall–Kier alpha value is -2.65. The summed E-state index contributed by atoms with van der Waals surface area (Å²) in [5.74, 6) is 0.940. The molecular weight excluding hydrogens is 384 g/mol. The molecule has 3 aromatic rings. The summed E-state index contributed by atoms with van der Waals surface area (Å²) < 4.78 is 0. The first-order valence-electron chi connectivity index (χ1n) is 8.15. The van der Waals surface area contributed by atoms with Crippen LogP contribution in [-0.2, 0) is 15.3 Å². The Morgan fingerprint density at radius 3 is 2.52 bits per heavy atom. The van der Waals surface area contributed by atoms with Crippen LogP contribution in [0.4, 0.5) is 11.4 Å². The fraction of sp³-hybridized carbons (Fsp3) is 0.222. The van der Waals surface area contributed by atoms with Crippen LogP contribution >= 0.6 is 23.1 Å². The second kappa shape index (κ2) is 8.36. The van der Waals surface area contributed by atoms with Gasteiger partial charge in [-0.3, -0.25) is 14.4 Å². The van der Waals surface area contributed by atoms with Gasteiger partial charge in [0.1, 0.15) is 10.7 Å². The molecular formula is C18H18N4O3S2. The predicted molar refractivity (Wildman–Crippen MR) is 111 cm³/mol. The largest absolute Gasteiger partial charge is 0.326 e. The van der Waals surface area contributed by atoms with Gasteiger partial charge in [0, 0.05) is 23.2 Å². The van der Waals surface area contributed by atoms with Gasteiger partial charge >= 0.3 is 0 Å². The molecule has 0 aliphatic carbocycles. The Labute approximate surface area is 163 Å². The summed E-state index contributed by atoms with van der Waals surface area (Å²) in [6, 6.07) is 8.71. The molecule has 2 aromatic heterocycles. The molecule has 140 valence electrons. The number of benzene rings is 1. The maximum Gasteiger partial charge on any atom is 0.259 e. The minimum Gasteiger partial charge on any atom is -0.326 e. The van der Waals surface area contributed by atoms with E-state index in [1.807, 2.05) is 13.0 Å². The van der Waals surface area contributed by atoms with Gasteiger partial charge in [-0.05, 0) is 37.3 Å². The number of fused-ring (bicyclic) bond motifs is 1. The van der Waals surface area contributed by atoms with Crippen LogP contribution in [0.2, 0.25) is 0 Å². The number of nitrogens with one attached hydrogen (secondary N) is 3. The number of rotatable bonds is 6. The van der Waals surface area contributed by atoms with Gasteiger partial charge in [-0.15, -0.1) is 23.1 Å². The highest BCUT2D eigenvalue weighted by atomic mass is 32.2. The number of nitrogens with zero attached hydrogens (tertiary/aromatic N) is 1. The van der Waals surface area contributed by atoms with E-state index in [4.69, 9.17) is 0 Å². The van der Waals surface area contributed by atoms with Crippen molar-refractivity contribution >= 4 is 56.5 Å². The van der Waals surface area contributed by atoms with Crippen LogP contribution in [-0.4, -0.2) is 27.5 Å². The summed E-state index contributed by atoms with van der Waals surface area (Å²) in [6.45, 7) is 3.37. The zero-order valence-electron chi connectivity index (χ0n) is 14.8. The molecule has 0 aliphatic heterocycles. The highest BCUT2D eigenvalue weighted by molar-refractivity contribution is 7.99. The van der Waals surface area contributed by atoms with Crippen LogP contribution in [0.5, 0.6) is 0 Å². The third-order valence-electron chi connectivity index (χ3n) is 3.54. The SMILES string of the molecule is CC(=O)Nc1ccc(NC(=O)CSCc2nc3sc(C)cc3c(=O)[nH]2)cc1. The van der Waals surface area contributed by atoms with E-state index in [9.17, 15) is 14.4 Å². The monoisotopic (exact) mass is 402 g/mol. The summed E-state index contributed by atoms with van der Waals surface area (Å²) in [5.41, 5.74) is 1.17. The van der Waals surface area contributed by atoms with Crippen LogP contribution < -0.4 is 16.2 Å². The van der Waals surface area contributed by atoms with Crippen LogP contribution in [0.15, 0.2) is 35.1 Å². The number of aryl methyl sites for hydroxylation is 1. The van der Waals surface area contributed by atoms with Gasteiger partial charge in [-0.2, -0.15) is 0 Å². The van der Waals surface area contributed by atoms with E-state index in [1.165, 1.54) is 30.0 Å². The minimum absolute atomic E-state index is 0.147. The molecule has 0 fully saturated rings. The van der Waals surface area contributed by atoms with Crippen molar-refractivity contribution in [2.45, 2.75) is 19.6 Å². The van der Waals surface area contributed by atoms with Crippen molar-refractivity contribution in [3.63, 3.8) is 0 Å². The number of anilines is 2. The lowest BCUT2D eigenvalue weighted by Crippen LogP contribution is -2.15. The van der Waals surface area contributed by atoms with Crippen molar-refractivity contribution in [3.8, 4) is 0 Å². The fourth-order valence-electron chi connectivity index (χ4n) is 2.44. The molecule has 3 N–H and O–H groups in total. The fourth-order valence-corrected chi connectivity index (χ4v) is 4.03. The number of aromatic nitrogens is 2. The smallest absolute Gasteiger partial charge is 0.259 e. The summed E-state index contributed by atoms with van der Waals surface area (Å²) >= 11 is 2.85. The third kappa shape index (κ3) is 5.18. The number of carbonyl (C=O) groups is 2. The number of H-pyrrole nitrogens is 1. The van der Waals surface area contributed by atoms with E-state index in [1.54, 1.807) is 24.3 Å². The molecule has 2 amide bonds. The topological polar surface area (TPSA) is 104 Å². The zero-order valence-corrected chi connectivity index (χ0v) is 16.4. The van der Waals surface area contributed by atoms with E-state index < -0.39 is 0 Å². The van der Waals surface area contributed by atoms with Crippen molar-refractivity contribution in [1.82, 2.24) is 9.97 Å². The molecule has 0 aliphatic rings. The molecule has 9 heteroatoms. The average Bonchev–Trinajstić information content (AvgIpc) is 2.97. The normalized spacial score (nSPS) is 10.7. The molecule has 0 spiro atoms. The summed E-state index contributed by atoms with van der Waals surface area (Å²) in [6.07, 6.45) is 0. The van der Waals surface area contributed by atoms with Crippen molar-refractivity contribution in [2.75, 3.05) is 16.4 Å². The van der Waals surface area contributed by atoms with Crippen LogP contribution in [0, 0.1) is 6.92 Å². The lowest BCUT2D eigenvalue weighted by molar-refractivity contribution is -0.114. The third-order valence-corrected chi connectivity index (χ3v) is 5.42. The molecule has 0 saturated carbocycles. The summed E-state index contributed by atoms with van der Waals surface area (Å²) in [7, 11) is 0. The number of thioether (sulfide) groups is 1. The highest BCUT2D eigenvalue weighted by Gasteiger charge is 2.09. The van der Waals surface area contributed by atoms with Gasteiger partial charge in [0.2, 0.25) is 11.8 Å². The van der Waals surface area contributed by atoms with E-state index >= 15 is 0 Å². The van der Waals surface area contributed by atoms with E-state index in [0.29, 0.717) is 28.3 Å². The molecule has 0 saturated heterocycles. The lowest BCUT2D eigenvalue weighted by Gasteiger charge is -2.07. The Kier molecular flexibility index (Phi) is 5.92. The van der Waals surface area contributed by atoms with Gasteiger partial charge in [0.15, 0.2) is 0 Å². The van der Waals surface area contributed by atoms with Crippen molar-refractivity contribution in [2.24, 2.45) is 0 Å². The number of thiophene rings is 1. The van der Waals surface area contributed by atoms with Crippen LogP contribution in [0.25, 0.3) is 10.2 Å². The first-order chi connectivity index (χ1) is 12.9. The average molecular weight is 403 g/mol. The molecule has 1 aromatic carbocycles. The molecule has 27 heavy (non-hydrogen) atoms. The number of hydrogen-bond donors (Lipinski definition) is 3.